The van der Waals surface area contributed by atoms with E-state index in [0.29, 0.717) is 47.7 Å². The van der Waals surface area contributed by atoms with Crippen LogP contribution in [0.1, 0.15) is 28.5 Å². The number of esters is 2. The van der Waals surface area contributed by atoms with Gasteiger partial charge in [-0.25, -0.2) is 9.78 Å². The fourth-order valence-corrected chi connectivity index (χ4v) is 3.45. The fraction of sp³-hybridized carbons (Fsp3) is 0.250. The van der Waals surface area contributed by atoms with E-state index in [9.17, 15) is 9.59 Å². The van der Waals surface area contributed by atoms with Gasteiger partial charge in [0.25, 0.3) is 0 Å². The molecule has 0 saturated heterocycles. The summed E-state index contributed by atoms with van der Waals surface area (Å²) in [6.45, 7) is 2.74. The number of carbonyl (C=O) groups is 2. The van der Waals surface area contributed by atoms with Crippen LogP contribution >= 0.6 is 11.3 Å². The van der Waals surface area contributed by atoms with Crippen LogP contribution in [0.5, 0.6) is 11.5 Å². The van der Waals surface area contributed by atoms with E-state index in [0.717, 1.165) is 5.56 Å². The molecule has 0 aliphatic carbocycles. The number of nitrogens with one attached hydrogen (secondary N) is 1. The smallest absolute Gasteiger partial charge is 0.337 e. The van der Waals surface area contributed by atoms with Gasteiger partial charge in [0, 0.05) is 5.38 Å². The van der Waals surface area contributed by atoms with Gasteiger partial charge in [-0.05, 0) is 42.8 Å². The number of hydrazone groups is 1. The highest BCUT2D eigenvalue weighted by molar-refractivity contribution is 7.13. The number of nitrogens with zero attached hydrogens (tertiary/aromatic N) is 2. The number of methoxy groups -OCH3 is 1. The maximum absolute atomic E-state index is 11.6. The van der Waals surface area contributed by atoms with Crippen molar-refractivity contribution in [2.75, 3.05) is 32.4 Å². The molecule has 0 radical (unpaired) electrons. The zero-order valence-electron chi connectivity index (χ0n) is 18.9. The van der Waals surface area contributed by atoms with Crippen LogP contribution in [0.2, 0.25) is 0 Å². The van der Waals surface area contributed by atoms with Crippen LogP contribution in [0.25, 0.3) is 0 Å². The van der Waals surface area contributed by atoms with Gasteiger partial charge >= 0.3 is 11.9 Å². The SMILES string of the molecule is CCOC(=O)Cc1csc(NN=Cc2cccc(OCCOc3cccc(C(=O)OC)c3)c2)n1. The van der Waals surface area contributed by atoms with Crippen molar-refractivity contribution in [3.05, 3.63) is 70.7 Å². The number of rotatable bonds is 12. The fourth-order valence-electron chi connectivity index (χ4n) is 2.80. The number of thiazole rings is 1. The van der Waals surface area contributed by atoms with Crippen molar-refractivity contribution in [2.24, 2.45) is 5.10 Å². The van der Waals surface area contributed by atoms with E-state index >= 15 is 0 Å². The Morgan fingerprint density at radius 3 is 2.56 bits per heavy atom. The number of hydrogen-bond donors (Lipinski definition) is 1. The molecule has 0 atom stereocenters. The molecule has 0 spiro atoms. The van der Waals surface area contributed by atoms with Crippen LogP contribution in [-0.4, -0.2) is 50.1 Å². The summed E-state index contributed by atoms with van der Waals surface area (Å²) in [6.07, 6.45) is 1.78. The number of carbonyl (C=O) groups excluding carboxylic acids is 2. The van der Waals surface area contributed by atoms with E-state index in [1.54, 1.807) is 42.8 Å². The van der Waals surface area contributed by atoms with Crippen LogP contribution < -0.4 is 14.9 Å². The number of hydrogen-bond acceptors (Lipinski definition) is 10. The van der Waals surface area contributed by atoms with Gasteiger partial charge in [-0.1, -0.05) is 18.2 Å². The Morgan fingerprint density at radius 2 is 1.82 bits per heavy atom. The zero-order chi connectivity index (χ0) is 24.2. The molecule has 1 N–H and O–H groups in total. The molecule has 3 aromatic rings. The summed E-state index contributed by atoms with van der Waals surface area (Å²) in [4.78, 5) is 27.4. The second-order valence-corrected chi connectivity index (χ2v) is 7.64. The standard InChI is InChI=1S/C24H25N3O6S/c1-3-31-22(28)14-19-16-34-24(26-19)27-25-15-17-6-4-8-20(12-17)32-10-11-33-21-9-5-7-18(13-21)23(29)30-2/h4-9,12-13,15-16H,3,10-11,14H2,1-2H3,(H,26,27). The van der Waals surface area contributed by atoms with Crippen molar-refractivity contribution in [2.45, 2.75) is 13.3 Å². The lowest BCUT2D eigenvalue weighted by atomic mass is 10.2. The van der Waals surface area contributed by atoms with Crippen molar-refractivity contribution < 1.29 is 28.5 Å². The van der Waals surface area contributed by atoms with Crippen LogP contribution in [0, 0.1) is 0 Å². The molecule has 1 aromatic heterocycles. The van der Waals surface area contributed by atoms with Gasteiger partial charge in [-0.15, -0.1) is 11.3 Å². The molecule has 1 heterocycles. The Morgan fingerprint density at radius 1 is 1.09 bits per heavy atom. The summed E-state index contributed by atoms with van der Waals surface area (Å²) in [7, 11) is 1.34. The molecule has 0 bridgehead atoms. The summed E-state index contributed by atoms with van der Waals surface area (Å²) in [5.74, 6) is 0.509. The van der Waals surface area contributed by atoms with Crippen molar-refractivity contribution >= 4 is 34.6 Å². The molecule has 3 rings (SSSR count). The minimum Gasteiger partial charge on any atom is -0.490 e. The lowest BCUT2D eigenvalue weighted by Crippen LogP contribution is -2.09. The molecule has 0 amide bonds. The van der Waals surface area contributed by atoms with Crippen LogP contribution in [0.4, 0.5) is 5.13 Å². The molecule has 2 aromatic carbocycles. The predicted octanol–water partition coefficient (Wildman–Crippen LogP) is 3.94. The van der Waals surface area contributed by atoms with Gasteiger partial charge in [0.2, 0.25) is 5.13 Å². The second-order valence-electron chi connectivity index (χ2n) is 6.78. The Kier molecular flexibility index (Phi) is 9.41. The van der Waals surface area contributed by atoms with Crippen molar-refractivity contribution in [1.29, 1.82) is 0 Å². The van der Waals surface area contributed by atoms with E-state index in [2.05, 4.69) is 15.5 Å². The summed E-state index contributed by atoms with van der Waals surface area (Å²) >= 11 is 1.36. The van der Waals surface area contributed by atoms with Gasteiger partial charge < -0.3 is 18.9 Å². The monoisotopic (exact) mass is 483 g/mol. The molecule has 9 nitrogen and oxygen atoms in total. The largest absolute Gasteiger partial charge is 0.490 e. The van der Waals surface area contributed by atoms with Crippen LogP contribution in [0.15, 0.2) is 59.0 Å². The first-order valence-corrected chi connectivity index (χ1v) is 11.4. The van der Waals surface area contributed by atoms with E-state index in [1.165, 1.54) is 18.4 Å². The number of ether oxygens (including phenoxy) is 4. The zero-order valence-corrected chi connectivity index (χ0v) is 19.7. The molecular formula is C24H25N3O6S. The Bertz CT molecular complexity index is 1130. The average Bonchev–Trinajstić information content (AvgIpc) is 3.29. The van der Waals surface area contributed by atoms with E-state index in [-0.39, 0.29) is 12.4 Å². The van der Waals surface area contributed by atoms with Crippen LogP contribution in [0.3, 0.4) is 0 Å². The molecular weight excluding hydrogens is 458 g/mol. The lowest BCUT2D eigenvalue weighted by Gasteiger charge is -2.09. The first kappa shape index (κ1) is 24.7. The quantitative estimate of drug-likeness (QED) is 0.179. The van der Waals surface area contributed by atoms with Gasteiger partial charge in [0.1, 0.15) is 24.7 Å². The van der Waals surface area contributed by atoms with Gasteiger partial charge in [0.15, 0.2) is 0 Å². The highest BCUT2D eigenvalue weighted by Crippen LogP contribution is 2.17. The molecule has 178 valence electrons. The normalized spacial score (nSPS) is 10.6. The predicted molar refractivity (Wildman–Crippen MR) is 129 cm³/mol. The third kappa shape index (κ3) is 7.89. The lowest BCUT2D eigenvalue weighted by molar-refractivity contribution is -0.142. The first-order valence-electron chi connectivity index (χ1n) is 10.5. The third-order valence-corrected chi connectivity index (χ3v) is 5.09. The molecule has 0 saturated carbocycles. The third-order valence-electron chi connectivity index (χ3n) is 4.29. The molecule has 34 heavy (non-hydrogen) atoms. The van der Waals surface area contributed by atoms with E-state index in [1.807, 2.05) is 24.3 Å². The highest BCUT2D eigenvalue weighted by atomic mass is 32.1. The number of anilines is 1. The van der Waals surface area contributed by atoms with Crippen LogP contribution in [-0.2, 0) is 20.7 Å². The molecule has 0 fully saturated rings. The summed E-state index contributed by atoms with van der Waals surface area (Å²) in [5.41, 5.74) is 4.75. The molecule has 0 unspecified atom stereocenters. The minimum atomic E-state index is -0.415. The topological polar surface area (TPSA) is 108 Å². The van der Waals surface area contributed by atoms with Gasteiger partial charge in [-0.3, -0.25) is 10.2 Å². The van der Waals surface area contributed by atoms with E-state index < -0.39 is 5.97 Å². The second kappa shape index (κ2) is 12.9. The Labute approximate surface area is 201 Å². The number of benzene rings is 2. The van der Waals surface area contributed by atoms with Gasteiger partial charge in [-0.2, -0.15) is 5.10 Å². The summed E-state index contributed by atoms with van der Waals surface area (Å²) < 4.78 is 21.0. The molecule has 0 aliphatic heterocycles. The van der Waals surface area contributed by atoms with Crippen molar-refractivity contribution in [3.8, 4) is 11.5 Å². The Hall–Kier alpha value is -3.92. The average molecular weight is 484 g/mol. The maximum atomic E-state index is 11.6. The highest BCUT2D eigenvalue weighted by Gasteiger charge is 2.08. The van der Waals surface area contributed by atoms with Crippen molar-refractivity contribution in [3.63, 3.8) is 0 Å². The molecule has 0 aliphatic rings. The first-order chi connectivity index (χ1) is 16.6. The minimum absolute atomic E-state index is 0.134. The Balaban J connectivity index is 1.44. The van der Waals surface area contributed by atoms with Crippen molar-refractivity contribution in [1.82, 2.24) is 4.98 Å². The summed E-state index contributed by atoms with van der Waals surface area (Å²) in [6, 6.07) is 14.2. The number of aromatic nitrogens is 1. The summed E-state index contributed by atoms with van der Waals surface area (Å²) in [5, 5.41) is 6.55. The molecule has 10 heteroatoms. The van der Waals surface area contributed by atoms with E-state index in [4.69, 9.17) is 18.9 Å². The maximum Gasteiger partial charge on any atom is 0.337 e. The van der Waals surface area contributed by atoms with Gasteiger partial charge in [0.05, 0.1) is 37.6 Å².